The van der Waals surface area contributed by atoms with Gasteiger partial charge in [-0.3, -0.25) is 9.59 Å². The van der Waals surface area contributed by atoms with Crippen LogP contribution in [0, 0.1) is 12.7 Å². The zero-order chi connectivity index (χ0) is 22.1. The molecular formula is C22H22ClFN4O2S. The molecule has 0 saturated carbocycles. The summed E-state index contributed by atoms with van der Waals surface area (Å²) in [5.41, 5.74) is 9.01. The first-order valence-corrected chi connectivity index (χ1v) is 11.3. The average molecular weight is 461 g/mol. The van der Waals surface area contributed by atoms with Crippen LogP contribution in [-0.2, 0) is 11.3 Å². The van der Waals surface area contributed by atoms with E-state index in [4.69, 9.17) is 22.3 Å². The van der Waals surface area contributed by atoms with Crippen LogP contribution in [-0.4, -0.2) is 39.4 Å². The largest absolute Gasteiger partial charge is 0.366 e. The van der Waals surface area contributed by atoms with Crippen molar-refractivity contribution in [3.63, 3.8) is 0 Å². The normalized spacial score (nSPS) is 13.9. The fraction of sp³-hybridized carbons (Fsp3) is 0.318. The van der Waals surface area contributed by atoms with Crippen LogP contribution < -0.4 is 5.73 Å². The van der Waals surface area contributed by atoms with Gasteiger partial charge < -0.3 is 15.2 Å². The van der Waals surface area contributed by atoms with Crippen molar-refractivity contribution in [3.05, 3.63) is 51.7 Å². The fourth-order valence-electron chi connectivity index (χ4n) is 3.91. The predicted octanol–water partition coefficient (Wildman–Crippen LogP) is 4.49. The van der Waals surface area contributed by atoms with E-state index < -0.39 is 11.7 Å². The Morgan fingerprint density at radius 2 is 2.13 bits per heavy atom. The summed E-state index contributed by atoms with van der Waals surface area (Å²) in [4.78, 5) is 30.4. The van der Waals surface area contributed by atoms with Crippen molar-refractivity contribution in [2.45, 2.75) is 32.7 Å². The van der Waals surface area contributed by atoms with E-state index in [0.29, 0.717) is 35.8 Å². The summed E-state index contributed by atoms with van der Waals surface area (Å²) < 4.78 is 15.5. The minimum absolute atomic E-state index is 0.0425. The highest BCUT2D eigenvalue weighted by atomic mass is 35.5. The number of nitrogens with two attached hydrogens (primary N) is 1. The quantitative estimate of drug-likeness (QED) is 0.564. The Morgan fingerprint density at radius 3 is 2.81 bits per heavy atom. The molecule has 4 rings (SSSR count). The lowest BCUT2D eigenvalue weighted by Gasteiger charge is -2.17. The van der Waals surface area contributed by atoms with Gasteiger partial charge in [-0.1, -0.05) is 11.6 Å². The van der Waals surface area contributed by atoms with E-state index in [1.54, 1.807) is 18.2 Å². The van der Waals surface area contributed by atoms with Gasteiger partial charge in [0.1, 0.15) is 10.8 Å². The van der Waals surface area contributed by atoms with Crippen molar-refractivity contribution >= 4 is 34.8 Å². The molecule has 9 heteroatoms. The van der Waals surface area contributed by atoms with E-state index in [0.717, 1.165) is 36.3 Å². The maximum atomic E-state index is 13.5. The summed E-state index contributed by atoms with van der Waals surface area (Å²) >= 11 is 7.33. The molecule has 0 bridgehead atoms. The maximum Gasteiger partial charge on any atom is 0.250 e. The molecule has 1 saturated heterocycles. The molecule has 0 atom stereocenters. The molecule has 1 aliphatic heterocycles. The van der Waals surface area contributed by atoms with Crippen LogP contribution in [0.1, 0.15) is 35.3 Å². The van der Waals surface area contributed by atoms with Crippen molar-refractivity contribution < 1.29 is 14.0 Å². The minimum Gasteiger partial charge on any atom is -0.366 e. The van der Waals surface area contributed by atoms with Gasteiger partial charge in [-0.15, -0.1) is 11.3 Å². The van der Waals surface area contributed by atoms with Crippen molar-refractivity contribution in [2.24, 2.45) is 5.73 Å². The standard InChI is InChI=1S/C22H22ClFN4O2S/c1-13-15(21(25)30)11-19(28(13)9-3-8-27-7-2-4-20(27)29)18-12-31-22(26-18)14-5-6-17(24)16(23)10-14/h5-6,10-12H,2-4,7-9H2,1H3,(H2,25,30). The smallest absolute Gasteiger partial charge is 0.250 e. The highest BCUT2D eigenvalue weighted by Crippen LogP contribution is 2.33. The number of rotatable bonds is 7. The maximum absolute atomic E-state index is 13.5. The molecule has 2 aromatic heterocycles. The molecule has 0 unspecified atom stereocenters. The summed E-state index contributed by atoms with van der Waals surface area (Å²) in [6, 6.07) is 6.26. The van der Waals surface area contributed by atoms with Crippen molar-refractivity contribution in [2.75, 3.05) is 13.1 Å². The number of hydrogen-bond donors (Lipinski definition) is 1. The van der Waals surface area contributed by atoms with Crippen LogP contribution in [0.4, 0.5) is 4.39 Å². The number of carbonyl (C=O) groups excluding carboxylic acids is 2. The number of carbonyl (C=O) groups is 2. The highest BCUT2D eigenvalue weighted by molar-refractivity contribution is 7.13. The lowest BCUT2D eigenvalue weighted by atomic mass is 10.2. The Balaban J connectivity index is 1.62. The van der Waals surface area contributed by atoms with E-state index in [2.05, 4.69) is 0 Å². The van der Waals surface area contributed by atoms with Gasteiger partial charge in [0.2, 0.25) is 5.91 Å². The van der Waals surface area contributed by atoms with Crippen molar-refractivity contribution in [1.29, 1.82) is 0 Å². The molecule has 6 nitrogen and oxygen atoms in total. The van der Waals surface area contributed by atoms with Gasteiger partial charge in [0, 0.05) is 42.7 Å². The number of hydrogen-bond acceptors (Lipinski definition) is 4. The van der Waals surface area contributed by atoms with Crippen LogP contribution in [0.15, 0.2) is 29.6 Å². The van der Waals surface area contributed by atoms with Gasteiger partial charge in [0.25, 0.3) is 5.91 Å². The molecule has 31 heavy (non-hydrogen) atoms. The molecule has 1 aromatic carbocycles. The first-order chi connectivity index (χ1) is 14.8. The van der Waals surface area contributed by atoms with Gasteiger partial charge in [-0.25, -0.2) is 9.37 Å². The number of amides is 2. The topological polar surface area (TPSA) is 81.2 Å². The summed E-state index contributed by atoms with van der Waals surface area (Å²) in [6.07, 6.45) is 2.29. The molecule has 0 aliphatic carbocycles. The summed E-state index contributed by atoms with van der Waals surface area (Å²) in [6.45, 7) is 3.97. The van der Waals surface area contributed by atoms with Crippen molar-refractivity contribution in [3.8, 4) is 22.0 Å². The third-order valence-corrected chi connectivity index (χ3v) is 6.73. The molecule has 162 valence electrons. The van der Waals surface area contributed by atoms with Crippen LogP contribution in [0.3, 0.4) is 0 Å². The predicted molar refractivity (Wildman–Crippen MR) is 120 cm³/mol. The number of halogens is 2. The molecule has 3 heterocycles. The second-order valence-corrected chi connectivity index (χ2v) is 8.81. The molecule has 2 N–H and O–H groups in total. The molecule has 1 fully saturated rings. The Hall–Kier alpha value is -2.71. The Morgan fingerprint density at radius 1 is 1.32 bits per heavy atom. The van der Waals surface area contributed by atoms with Crippen LogP contribution in [0.5, 0.6) is 0 Å². The Bertz CT molecular complexity index is 1160. The summed E-state index contributed by atoms with van der Waals surface area (Å²) in [5, 5.41) is 2.64. The van der Waals surface area contributed by atoms with Crippen molar-refractivity contribution in [1.82, 2.24) is 14.5 Å². The lowest BCUT2D eigenvalue weighted by Crippen LogP contribution is -2.26. The third-order valence-electron chi connectivity index (χ3n) is 5.55. The summed E-state index contributed by atoms with van der Waals surface area (Å²) in [7, 11) is 0. The fourth-order valence-corrected chi connectivity index (χ4v) is 4.90. The number of nitrogens with zero attached hydrogens (tertiary/aromatic N) is 3. The van der Waals surface area contributed by atoms with Gasteiger partial charge in [-0.05, 0) is 44.0 Å². The Kier molecular flexibility index (Phi) is 6.11. The van der Waals surface area contributed by atoms with Gasteiger partial charge >= 0.3 is 0 Å². The SMILES string of the molecule is Cc1c(C(N)=O)cc(-c2csc(-c3ccc(F)c(Cl)c3)n2)n1CCCN1CCCC1=O. The number of benzene rings is 1. The number of thiazole rings is 1. The average Bonchev–Trinajstić information content (AvgIpc) is 3.44. The van der Waals surface area contributed by atoms with E-state index in [9.17, 15) is 14.0 Å². The van der Waals surface area contributed by atoms with E-state index in [-0.39, 0.29) is 10.9 Å². The zero-order valence-electron chi connectivity index (χ0n) is 17.0. The number of likely N-dealkylation sites (tertiary alicyclic amines) is 1. The van der Waals surface area contributed by atoms with Crippen LogP contribution in [0.25, 0.3) is 22.0 Å². The molecule has 0 spiro atoms. The van der Waals surface area contributed by atoms with Crippen LogP contribution >= 0.6 is 22.9 Å². The highest BCUT2D eigenvalue weighted by Gasteiger charge is 2.21. The second kappa shape index (κ2) is 8.80. The zero-order valence-corrected chi connectivity index (χ0v) is 18.6. The van der Waals surface area contributed by atoms with Gasteiger partial charge in [-0.2, -0.15) is 0 Å². The molecule has 3 aromatic rings. The lowest BCUT2D eigenvalue weighted by molar-refractivity contribution is -0.127. The molecule has 2 amide bonds. The first-order valence-electron chi connectivity index (χ1n) is 10.0. The van der Waals surface area contributed by atoms with Crippen LogP contribution in [0.2, 0.25) is 5.02 Å². The second-order valence-electron chi connectivity index (χ2n) is 7.55. The van der Waals surface area contributed by atoms with E-state index in [1.165, 1.54) is 17.4 Å². The number of primary amides is 1. The minimum atomic E-state index is -0.493. The van der Waals surface area contributed by atoms with Gasteiger partial charge in [0.15, 0.2) is 0 Å². The first kappa shape index (κ1) is 21.5. The Labute approximate surface area is 188 Å². The number of aromatic nitrogens is 2. The third kappa shape index (κ3) is 4.36. The van der Waals surface area contributed by atoms with E-state index in [1.807, 2.05) is 21.8 Å². The molecular weight excluding hydrogens is 439 g/mol. The monoisotopic (exact) mass is 460 g/mol. The van der Waals surface area contributed by atoms with E-state index >= 15 is 0 Å². The summed E-state index contributed by atoms with van der Waals surface area (Å²) in [5.74, 6) is -0.772. The molecule has 0 radical (unpaired) electrons. The van der Waals surface area contributed by atoms with Gasteiger partial charge in [0.05, 0.1) is 22.0 Å². The molecule has 1 aliphatic rings.